The van der Waals surface area contributed by atoms with Gasteiger partial charge in [-0.1, -0.05) is 68.4 Å². The van der Waals surface area contributed by atoms with Gasteiger partial charge in [-0.2, -0.15) is 0 Å². The van der Waals surface area contributed by atoms with Crippen LogP contribution in [0, 0.1) is 5.92 Å². The summed E-state index contributed by atoms with van der Waals surface area (Å²) < 4.78 is 10.0. The molecule has 0 aliphatic rings. The van der Waals surface area contributed by atoms with Crippen molar-refractivity contribution < 1.29 is 19.1 Å². The van der Waals surface area contributed by atoms with Crippen LogP contribution in [0.15, 0.2) is 102 Å². The SMILES string of the molecule is COC(=O)C(C(=O)OC)=C(C[P+](c1ccccc1)(c1ccccc1)c1ccccc1)C(C)C. The Hall–Kier alpha value is -3.23. The molecule has 0 bridgehead atoms. The maximum absolute atomic E-state index is 12.8. The molecular formula is C28H30O4P+. The van der Waals surface area contributed by atoms with Crippen LogP contribution in [0.1, 0.15) is 13.8 Å². The minimum Gasteiger partial charge on any atom is -0.465 e. The van der Waals surface area contributed by atoms with Crippen molar-refractivity contribution in [2.45, 2.75) is 13.8 Å². The van der Waals surface area contributed by atoms with E-state index in [0.717, 1.165) is 5.57 Å². The summed E-state index contributed by atoms with van der Waals surface area (Å²) in [6, 6.07) is 31.1. The van der Waals surface area contributed by atoms with Gasteiger partial charge in [-0.05, 0) is 47.9 Å². The van der Waals surface area contributed by atoms with Crippen LogP contribution in [-0.2, 0) is 19.1 Å². The Labute approximate surface area is 196 Å². The topological polar surface area (TPSA) is 52.6 Å². The monoisotopic (exact) mass is 461 g/mol. The van der Waals surface area contributed by atoms with Crippen molar-refractivity contribution in [3.8, 4) is 0 Å². The summed E-state index contributed by atoms with van der Waals surface area (Å²) in [5, 5.41) is 3.53. The lowest BCUT2D eigenvalue weighted by Crippen LogP contribution is -2.35. The first-order chi connectivity index (χ1) is 16.0. The van der Waals surface area contributed by atoms with Gasteiger partial charge in [-0.15, -0.1) is 0 Å². The fourth-order valence-electron chi connectivity index (χ4n) is 4.12. The van der Waals surface area contributed by atoms with E-state index in [1.54, 1.807) is 0 Å². The van der Waals surface area contributed by atoms with Crippen LogP contribution in [0.5, 0.6) is 0 Å². The number of ether oxygens (including phenoxy) is 2. The van der Waals surface area contributed by atoms with Crippen molar-refractivity contribution in [2.75, 3.05) is 20.4 Å². The van der Waals surface area contributed by atoms with Gasteiger partial charge in [-0.3, -0.25) is 0 Å². The molecule has 0 spiro atoms. The largest absolute Gasteiger partial charge is 0.465 e. The minimum absolute atomic E-state index is 0.0119. The fraction of sp³-hybridized carbons (Fsp3) is 0.214. The molecule has 0 heterocycles. The van der Waals surface area contributed by atoms with Gasteiger partial charge in [0.2, 0.25) is 0 Å². The van der Waals surface area contributed by atoms with Gasteiger partial charge in [0, 0.05) is 0 Å². The van der Waals surface area contributed by atoms with Gasteiger partial charge < -0.3 is 9.47 Å². The Kier molecular flexibility index (Phi) is 8.19. The number of hydrogen-bond donors (Lipinski definition) is 0. The van der Waals surface area contributed by atoms with Gasteiger partial charge in [0.25, 0.3) is 0 Å². The summed E-state index contributed by atoms with van der Waals surface area (Å²) in [6.07, 6.45) is 0.516. The first-order valence-corrected chi connectivity index (χ1v) is 12.9. The molecule has 5 heteroatoms. The van der Waals surface area contributed by atoms with Gasteiger partial charge in [0.05, 0.1) is 20.4 Å². The molecular weight excluding hydrogens is 431 g/mol. The molecule has 4 nitrogen and oxygen atoms in total. The lowest BCUT2D eigenvalue weighted by molar-refractivity contribution is -0.144. The van der Waals surface area contributed by atoms with Crippen molar-refractivity contribution in [1.82, 2.24) is 0 Å². The van der Waals surface area contributed by atoms with Gasteiger partial charge in [0.15, 0.2) is 0 Å². The smallest absolute Gasteiger partial charge is 0.345 e. The third kappa shape index (κ3) is 5.07. The Morgan fingerprint density at radius 3 is 1.27 bits per heavy atom. The van der Waals surface area contributed by atoms with Crippen LogP contribution >= 0.6 is 7.26 Å². The molecule has 0 fully saturated rings. The second kappa shape index (κ2) is 11.1. The number of hydrogen-bond acceptors (Lipinski definition) is 4. The molecule has 0 saturated carbocycles. The summed E-state index contributed by atoms with van der Waals surface area (Å²) in [5.41, 5.74) is 0.723. The third-order valence-electron chi connectivity index (χ3n) is 5.80. The van der Waals surface area contributed by atoms with Crippen molar-refractivity contribution in [2.24, 2.45) is 5.92 Å². The van der Waals surface area contributed by atoms with Crippen LogP contribution in [-0.4, -0.2) is 32.3 Å². The summed E-state index contributed by atoms with van der Waals surface area (Å²) in [4.78, 5) is 25.6. The van der Waals surface area contributed by atoms with E-state index in [-0.39, 0.29) is 11.5 Å². The van der Waals surface area contributed by atoms with E-state index in [0.29, 0.717) is 6.16 Å². The quantitative estimate of drug-likeness (QED) is 0.165. The highest BCUT2D eigenvalue weighted by molar-refractivity contribution is 7.95. The van der Waals surface area contributed by atoms with Crippen molar-refractivity contribution in [1.29, 1.82) is 0 Å². The second-order valence-electron chi connectivity index (χ2n) is 8.01. The summed E-state index contributed by atoms with van der Waals surface area (Å²) in [7, 11) is 0.287. The molecule has 0 atom stereocenters. The molecule has 0 aliphatic carbocycles. The predicted octanol–water partition coefficient (Wildman–Crippen LogP) is 4.28. The van der Waals surface area contributed by atoms with Crippen molar-refractivity contribution in [3.05, 3.63) is 102 Å². The lowest BCUT2D eigenvalue weighted by Gasteiger charge is -2.30. The highest BCUT2D eigenvalue weighted by Gasteiger charge is 2.47. The zero-order valence-electron chi connectivity index (χ0n) is 19.5. The molecule has 0 radical (unpaired) electrons. The second-order valence-corrected chi connectivity index (χ2v) is 11.5. The molecule has 3 aromatic rings. The Morgan fingerprint density at radius 1 is 0.667 bits per heavy atom. The number of carbonyl (C=O) groups is 2. The number of rotatable bonds is 8. The van der Waals surface area contributed by atoms with E-state index >= 15 is 0 Å². The zero-order chi connectivity index (χ0) is 23.8. The molecule has 0 aliphatic heterocycles. The summed E-state index contributed by atoms with van der Waals surface area (Å²) >= 11 is 0. The van der Waals surface area contributed by atoms with E-state index in [1.807, 2.05) is 68.4 Å². The molecule has 0 N–H and O–H groups in total. The minimum atomic E-state index is -2.29. The zero-order valence-corrected chi connectivity index (χ0v) is 20.4. The van der Waals surface area contributed by atoms with E-state index < -0.39 is 19.2 Å². The standard InChI is InChI=1S/C28H30O4P/c1-21(2)25(26(27(29)31-3)28(30)32-4)20-33(22-14-8-5-9-15-22,23-16-10-6-11-17-23)24-18-12-7-13-19-24/h5-19,21H,20H2,1-4H3/q+1. The van der Waals surface area contributed by atoms with Gasteiger partial charge >= 0.3 is 11.9 Å². The average molecular weight is 462 g/mol. The molecule has 3 rings (SSSR count). The highest BCUT2D eigenvalue weighted by atomic mass is 31.2. The molecule has 0 saturated heterocycles. The number of esters is 2. The summed E-state index contributed by atoms with van der Waals surface area (Å²) in [6.45, 7) is 3.99. The fourth-order valence-corrected chi connectivity index (χ4v) is 8.64. The molecule has 0 aromatic heterocycles. The maximum atomic E-state index is 12.8. The normalized spacial score (nSPS) is 11.1. The number of methoxy groups -OCH3 is 2. The molecule has 0 unspecified atom stereocenters. The Bertz CT molecular complexity index is 992. The predicted molar refractivity (Wildman–Crippen MR) is 136 cm³/mol. The number of allylic oxidation sites excluding steroid dienone is 1. The van der Waals surface area contributed by atoms with Crippen molar-refractivity contribution >= 4 is 35.1 Å². The van der Waals surface area contributed by atoms with Gasteiger partial charge in [-0.25, -0.2) is 9.59 Å². The van der Waals surface area contributed by atoms with E-state index in [9.17, 15) is 9.59 Å². The highest BCUT2D eigenvalue weighted by Crippen LogP contribution is 2.57. The van der Waals surface area contributed by atoms with Crippen molar-refractivity contribution in [3.63, 3.8) is 0 Å². The first-order valence-electron chi connectivity index (χ1n) is 10.9. The summed E-state index contributed by atoms with van der Waals surface area (Å²) in [5.74, 6) is -1.41. The van der Waals surface area contributed by atoms with Crippen LogP contribution < -0.4 is 15.9 Å². The maximum Gasteiger partial charge on any atom is 0.345 e. The molecule has 3 aromatic carbocycles. The molecule has 0 amide bonds. The van der Waals surface area contributed by atoms with E-state index in [1.165, 1.54) is 30.1 Å². The molecule has 33 heavy (non-hydrogen) atoms. The van der Waals surface area contributed by atoms with Crippen LogP contribution in [0.3, 0.4) is 0 Å². The van der Waals surface area contributed by atoms with Gasteiger partial charge in [0.1, 0.15) is 28.7 Å². The van der Waals surface area contributed by atoms with E-state index in [2.05, 4.69) is 36.4 Å². The van der Waals surface area contributed by atoms with Crippen LogP contribution in [0.2, 0.25) is 0 Å². The number of benzene rings is 3. The third-order valence-corrected chi connectivity index (χ3v) is 10.1. The lowest BCUT2D eigenvalue weighted by atomic mass is 9.98. The average Bonchev–Trinajstić information content (AvgIpc) is 2.87. The molecule has 170 valence electrons. The van der Waals surface area contributed by atoms with Crippen LogP contribution in [0.25, 0.3) is 0 Å². The van der Waals surface area contributed by atoms with Crippen LogP contribution in [0.4, 0.5) is 0 Å². The Balaban J connectivity index is 2.42. The first kappa shape index (κ1) is 24.4. The Morgan fingerprint density at radius 2 is 1.00 bits per heavy atom. The number of carbonyl (C=O) groups excluding carboxylic acids is 2. The van der Waals surface area contributed by atoms with E-state index in [4.69, 9.17) is 9.47 Å².